The number of benzene rings is 1. The van der Waals surface area contributed by atoms with Crippen molar-refractivity contribution in [3.05, 3.63) is 59.4 Å². The highest BCUT2D eigenvalue weighted by Crippen LogP contribution is 2.31. The molecular weight excluding hydrogens is 478 g/mol. The van der Waals surface area contributed by atoms with Gasteiger partial charge >= 0.3 is 6.03 Å². The maximum Gasteiger partial charge on any atom is 0.320 e. The van der Waals surface area contributed by atoms with Gasteiger partial charge in [0.1, 0.15) is 11.5 Å². The first-order chi connectivity index (χ1) is 17.5. The Hall–Kier alpha value is -3.61. The van der Waals surface area contributed by atoms with Gasteiger partial charge in [0.05, 0.1) is 30.2 Å². The van der Waals surface area contributed by atoms with E-state index in [-0.39, 0.29) is 18.0 Å². The molecule has 0 unspecified atom stereocenters. The number of hydrogen-bond acceptors (Lipinski definition) is 8. The Morgan fingerprint density at radius 3 is 2.78 bits per heavy atom. The number of nitrogens with zero attached hydrogens (tertiary/aromatic N) is 7. The molecule has 4 heterocycles. The SMILES string of the molecule is COCCN1C[C@H](NC(=O)Nc2c(C)c(-c3cnn(C)c3)nn2-c2ccccc2)[C@@H](c2csnn2)C1. The number of nitrogens with one attached hydrogen (secondary N) is 2. The fourth-order valence-corrected chi connectivity index (χ4v) is 5.11. The number of carbonyl (C=O) groups excluding carboxylic acids is 1. The molecule has 2 N–H and O–H groups in total. The van der Waals surface area contributed by atoms with E-state index >= 15 is 0 Å². The minimum Gasteiger partial charge on any atom is -0.383 e. The minimum atomic E-state index is -0.292. The molecule has 0 radical (unpaired) electrons. The molecule has 2 amide bonds. The standard InChI is InChI=1S/C24H29N9O2S/c1-16-22(17-11-25-31(2)12-17)29-33(18-7-5-4-6-8-18)23(16)27-24(34)26-20-14-32(9-10-35-3)13-19(20)21-15-36-30-28-21/h4-8,11-12,15,19-20H,9-10,13-14H2,1-3H3,(H2,26,27,34)/t19-,20-/m0/s1. The molecule has 3 aromatic heterocycles. The zero-order valence-corrected chi connectivity index (χ0v) is 21.3. The summed E-state index contributed by atoms with van der Waals surface area (Å²) in [6.45, 7) is 4.87. The number of ether oxygens (including phenoxy) is 1. The van der Waals surface area contributed by atoms with E-state index in [1.54, 1.807) is 22.7 Å². The monoisotopic (exact) mass is 507 g/mol. The molecule has 1 fully saturated rings. The van der Waals surface area contributed by atoms with Crippen LogP contribution in [0.2, 0.25) is 0 Å². The second kappa shape index (κ2) is 10.6. The van der Waals surface area contributed by atoms with E-state index in [0.717, 1.165) is 41.3 Å². The summed E-state index contributed by atoms with van der Waals surface area (Å²) >= 11 is 1.32. The summed E-state index contributed by atoms with van der Waals surface area (Å²) in [5.41, 5.74) is 4.25. The summed E-state index contributed by atoms with van der Waals surface area (Å²) in [6, 6.07) is 9.34. The largest absolute Gasteiger partial charge is 0.383 e. The van der Waals surface area contributed by atoms with Gasteiger partial charge < -0.3 is 10.1 Å². The first-order valence-electron chi connectivity index (χ1n) is 11.7. The minimum absolute atomic E-state index is 0.0532. The van der Waals surface area contributed by atoms with Gasteiger partial charge in [0.25, 0.3) is 0 Å². The third-order valence-corrected chi connectivity index (χ3v) is 6.94. The highest BCUT2D eigenvalue weighted by molar-refractivity contribution is 7.03. The van der Waals surface area contributed by atoms with Gasteiger partial charge in [0.15, 0.2) is 0 Å². The van der Waals surface area contributed by atoms with E-state index in [4.69, 9.17) is 9.84 Å². The van der Waals surface area contributed by atoms with Crippen molar-refractivity contribution in [2.24, 2.45) is 7.05 Å². The fourth-order valence-electron chi connectivity index (χ4n) is 4.60. The van der Waals surface area contributed by atoms with Gasteiger partial charge in [-0.05, 0) is 30.6 Å². The van der Waals surface area contributed by atoms with Crippen molar-refractivity contribution in [2.75, 3.05) is 38.7 Å². The van der Waals surface area contributed by atoms with Crippen molar-refractivity contribution in [1.82, 2.24) is 39.4 Å². The second-order valence-electron chi connectivity index (χ2n) is 8.87. The summed E-state index contributed by atoms with van der Waals surface area (Å²) in [4.78, 5) is 15.6. The number of anilines is 1. The molecule has 0 aliphatic carbocycles. The third-order valence-electron chi connectivity index (χ3n) is 6.41. The fraction of sp³-hybridized carbons (Fsp3) is 0.375. The molecule has 1 aliphatic rings. The van der Waals surface area contributed by atoms with Crippen molar-refractivity contribution in [3.63, 3.8) is 0 Å². The predicted molar refractivity (Wildman–Crippen MR) is 137 cm³/mol. The van der Waals surface area contributed by atoms with E-state index in [0.29, 0.717) is 19.0 Å². The average Bonchev–Trinajstić information content (AvgIpc) is 3.67. The normalized spacial score (nSPS) is 18.0. The van der Waals surface area contributed by atoms with Crippen LogP contribution in [0.15, 0.2) is 48.1 Å². The lowest BCUT2D eigenvalue weighted by Crippen LogP contribution is -2.42. The van der Waals surface area contributed by atoms with E-state index in [2.05, 4.69) is 30.2 Å². The number of rotatable bonds is 8. The molecule has 2 atom stereocenters. The molecule has 5 rings (SSSR count). The topological polar surface area (TPSA) is 115 Å². The van der Waals surface area contributed by atoms with Crippen molar-refractivity contribution in [1.29, 1.82) is 0 Å². The van der Waals surface area contributed by atoms with Crippen LogP contribution in [-0.4, -0.2) is 79.5 Å². The molecule has 0 saturated carbocycles. The number of aromatic nitrogens is 6. The maximum atomic E-state index is 13.3. The quantitative estimate of drug-likeness (QED) is 0.377. The van der Waals surface area contributed by atoms with Gasteiger partial charge in [-0.2, -0.15) is 10.2 Å². The van der Waals surface area contributed by atoms with Crippen molar-refractivity contribution in [2.45, 2.75) is 18.9 Å². The summed E-state index contributed by atoms with van der Waals surface area (Å²) in [5, 5.41) is 21.6. The van der Waals surface area contributed by atoms with E-state index in [1.165, 1.54) is 11.5 Å². The molecular formula is C24H29N9O2S. The van der Waals surface area contributed by atoms with Gasteiger partial charge in [-0.1, -0.05) is 22.7 Å². The Labute approximate surface area is 213 Å². The van der Waals surface area contributed by atoms with Gasteiger partial charge in [0, 0.05) is 62.4 Å². The zero-order valence-electron chi connectivity index (χ0n) is 20.5. The van der Waals surface area contributed by atoms with Crippen LogP contribution in [0.3, 0.4) is 0 Å². The highest BCUT2D eigenvalue weighted by Gasteiger charge is 2.36. The van der Waals surface area contributed by atoms with Gasteiger partial charge in [0.2, 0.25) is 0 Å². The molecule has 188 valence electrons. The lowest BCUT2D eigenvalue weighted by Gasteiger charge is -2.19. The van der Waals surface area contributed by atoms with Crippen molar-refractivity contribution < 1.29 is 9.53 Å². The molecule has 0 bridgehead atoms. The highest BCUT2D eigenvalue weighted by atomic mass is 32.1. The third kappa shape index (κ3) is 5.01. The van der Waals surface area contributed by atoms with Gasteiger partial charge in [-0.3, -0.25) is 14.9 Å². The van der Waals surface area contributed by atoms with E-state index in [1.807, 2.05) is 55.9 Å². The number of carbonyl (C=O) groups is 1. The van der Waals surface area contributed by atoms with Crippen LogP contribution in [0.5, 0.6) is 0 Å². The number of para-hydroxylation sites is 1. The molecule has 1 aliphatic heterocycles. The molecule has 1 aromatic carbocycles. The van der Waals surface area contributed by atoms with Crippen LogP contribution in [0.25, 0.3) is 16.9 Å². The Morgan fingerprint density at radius 1 is 1.25 bits per heavy atom. The Balaban J connectivity index is 1.40. The van der Waals surface area contributed by atoms with E-state index in [9.17, 15) is 4.79 Å². The Bertz CT molecular complexity index is 1300. The lowest BCUT2D eigenvalue weighted by molar-refractivity contribution is 0.159. The Kier molecular flexibility index (Phi) is 7.07. The smallest absolute Gasteiger partial charge is 0.320 e. The van der Waals surface area contributed by atoms with Crippen molar-refractivity contribution >= 4 is 23.4 Å². The van der Waals surface area contributed by atoms with E-state index < -0.39 is 0 Å². The number of methoxy groups -OCH3 is 1. The van der Waals surface area contributed by atoms with Gasteiger partial charge in [-0.15, -0.1) is 5.10 Å². The van der Waals surface area contributed by atoms with Crippen LogP contribution in [0, 0.1) is 6.92 Å². The number of aryl methyl sites for hydroxylation is 1. The Morgan fingerprint density at radius 2 is 2.08 bits per heavy atom. The average molecular weight is 508 g/mol. The zero-order chi connectivity index (χ0) is 25.1. The molecule has 11 nitrogen and oxygen atoms in total. The molecule has 0 spiro atoms. The summed E-state index contributed by atoms with van der Waals surface area (Å²) in [6.07, 6.45) is 3.68. The molecule has 4 aromatic rings. The number of urea groups is 1. The number of likely N-dealkylation sites (tertiary alicyclic amines) is 1. The summed E-state index contributed by atoms with van der Waals surface area (Å²) in [5.74, 6) is 0.663. The predicted octanol–water partition coefficient (Wildman–Crippen LogP) is 2.67. The van der Waals surface area contributed by atoms with Crippen LogP contribution in [-0.2, 0) is 11.8 Å². The molecule has 12 heteroatoms. The lowest BCUT2D eigenvalue weighted by atomic mass is 10.0. The van der Waals surface area contributed by atoms with Crippen LogP contribution in [0.4, 0.5) is 10.6 Å². The van der Waals surface area contributed by atoms with Crippen LogP contribution in [0.1, 0.15) is 17.2 Å². The number of hydrogen-bond donors (Lipinski definition) is 2. The number of amides is 2. The second-order valence-corrected chi connectivity index (χ2v) is 9.48. The van der Waals surface area contributed by atoms with Crippen LogP contribution >= 0.6 is 11.5 Å². The first kappa shape index (κ1) is 24.1. The van der Waals surface area contributed by atoms with Gasteiger partial charge in [-0.25, -0.2) is 9.48 Å². The maximum absolute atomic E-state index is 13.3. The van der Waals surface area contributed by atoms with Crippen LogP contribution < -0.4 is 10.6 Å². The molecule has 36 heavy (non-hydrogen) atoms. The first-order valence-corrected chi connectivity index (χ1v) is 12.6. The summed E-state index contributed by atoms with van der Waals surface area (Å²) in [7, 11) is 3.56. The molecule has 1 saturated heterocycles. The van der Waals surface area contributed by atoms with Crippen molar-refractivity contribution in [3.8, 4) is 16.9 Å². The summed E-state index contributed by atoms with van der Waals surface area (Å²) < 4.78 is 12.8.